The van der Waals surface area contributed by atoms with E-state index in [1.165, 1.54) is 0 Å². The lowest BCUT2D eigenvalue weighted by atomic mass is 10.2. The normalized spacial score (nSPS) is 13.7. The van der Waals surface area contributed by atoms with E-state index in [-0.39, 0.29) is 11.8 Å². The second kappa shape index (κ2) is 5.80. The van der Waals surface area contributed by atoms with Gasteiger partial charge < -0.3 is 5.73 Å². The largest absolute Gasteiger partial charge is 0.328 e. The van der Waals surface area contributed by atoms with Crippen LogP contribution in [-0.2, 0) is 9.84 Å². The zero-order valence-electron chi connectivity index (χ0n) is 9.19. The molecule has 0 aliphatic rings. The number of hydrogen-bond donors (Lipinski definition) is 1. The van der Waals surface area contributed by atoms with Gasteiger partial charge in [-0.25, -0.2) is 8.42 Å². The Bertz CT molecular complexity index is 426. The van der Waals surface area contributed by atoms with Crippen molar-refractivity contribution in [1.29, 1.82) is 0 Å². The molecular formula is C11H16BrNO2S. The number of benzene rings is 1. The topological polar surface area (TPSA) is 60.2 Å². The quantitative estimate of drug-likeness (QED) is 0.908. The van der Waals surface area contributed by atoms with E-state index in [9.17, 15) is 8.42 Å². The van der Waals surface area contributed by atoms with Gasteiger partial charge in [-0.2, -0.15) is 0 Å². The first-order chi connectivity index (χ1) is 7.42. The van der Waals surface area contributed by atoms with Crippen LogP contribution in [0, 0.1) is 0 Å². The summed E-state index contributed by atoms with van der Waals surface area (Å²) in [6.07, 6.45) is 1.34. The van der Waals surface area contributed by atoms with Gasteiger partial charge in [0, 0.05) is 10.5 Å². The highest BCUT2D eigenvalue weighted by Gasteiger charge is 2.13. The molecule has 0 aliphatic carbocycles. The average molecular weight is 306 g/mol. The van der Waals surface area contributed by atoms with Gasteiger partial charge in [-0.05, 0) is 44.0 Å². The van der Waals surface area contributed by atoms with Crippen LogP contribution in [0.5, 0.6) is 0 Å². The van der Waals surface area contributed by atoms with Crippen LogP contribution in [0.2, 0.25) is 0 Å². The Morgan fingerprint density at radius 3 is 2.38 bits per heavy atom. The summed E-state index contributed by atoms with van der Waals surface area (Å²) in [5, 5.41) is 0. The molecule has 90 valence electrons. The molecule has 16 heavy (non-hydrogen) atoms. The Hall–Kier alpha value is -0.390. The van der Waals surface area contributed by atoms with Crippen molar-refractivity contribution >= 4 is 25.8 Å². The van der Waals surface area contributed by atoms with E-state index in [1.54, 1.807) is 24.3 Å². The minimum Gasteiger partial charge on any atom is -0.328 e. The van der Waals surface area contributed by atoms with Crippen molar-refractivity contribution in [3.8, 4) is 0 Å². The Morgan fingerprint density at radius 2 is 1.88 bits per heavy atom. The monoisotopic (exact) mass is 305 g/mol. The van der Waals surface area contributed by atoms with Crippen molar-refractivity contribution in [2.24, 2.45) is 5.73 Å². The molecule has 1 atom stereocenters. The minimum absolute atomic E-state index is 0.0557. The van der Waals surface area contributed by atoms with E-state index in [2.05, 4.69) is 15.9 Å². The maximum atomic E-state index is 11.9. The first-order valence-electron chi connectivity index (χ1n) is 5.16. The molecule has 0 radical (unpaired) electrons. The van der Waals surface area contributed by atoms with Crippen LogP contribution in [-0.4, -0.2) is 20.2 Å². The fourth-order valence-electron chi connectivity index (χ4n) is 1.36. The van der Waals surface area contributed by atoms with Gasteiger partial charge in [0.25, 0.3) is 0 Å². The molecule has 1 unspecified atom stereocenters. The van der Waals surface area contributed by atoms with Crippen molar-refractivity contribution in [2.45, 2.75) is 30.7 Å². The average Bonchev–Trinajstić information content (AvgIpc) is 2.17. The maximum absolute atomic E-state index is 11.9. The van der Waals surface area contributed by atoms with Crippen LogP contribution in [0.3, 0.4) is 0 Å². The Morgan fingerprint density at radius 1 is 1.31 bits per heavy atom. The first-order valence-corrected chi connectivity index (χ1v) is 7.60. The molecule has 3 nitrogen and oxygen atoms in total. The second-order valence-electron chi connectivity index (χ2n) is 3.89. The summed E-state index contributed by atoms with van der Waals surface area (Å²) in [5.41, 5.74) is 5.58. The van der Waals surface area contributed by atoms with Gasteiger partial charge in [0.2, 0.25) is 0 Å². The predicted molar refractivity (Wildman–Crippen MR) is 69.1 cm³/mol. The van der Waals surface area contributed by atoms with Crippen LogP contribution < -0.4 is 5.73 Å². The fraction of sp³-hybridized carbons (Fsp3) is 0.455. The molecule has 0 saturated carbocycles. The lowest BCUT2D eigenvalue weighted by Crippen LogP contribution is -2.16. The summed E-state index contributed by atoms with van der Waals surface area (Å²) in [4.78, 5) is 0.375. The zero-order chi connectivity index (χ0) is 12.2. The Labute approximate surface area is 105 Å². The predicted octanol–water partition coefficient (Wildman–Crippen LogP) is 2.35. The molecule has 1 rings (SSSR count). The molecule has 0 amide bonds. The third-order valence-corrected chi connectivity index (χ3v) is 4.59. The van der Waals surface area contributed by atoms with E-state index in [0.717, 1.165) is 10.9 Å². The molecule has 0 bridgehead atoms. The third-order valence-electron chi connectivity index (χ3n) is 2.25. The number of hydrogen-bond acceptors (Lipinski definition) is 3. The van der Waals surface area contributed by atoms with E-state index in [4.69, 9.17) is 5.73 Å². The number of rotatable bonds is 5. The summed E-state index contributed by atoms with van der Waals surface area (Å²) in [7, 11) is -3.15. The van der Waals surface area contributed by atoms with Crippen molar-refractivity contribution in [1.82, 2.24) is 0 Å². The number of halogens is 1. The van der Waals surface area contributed by atoms with E-state index in [0.29, 0.717) is 11.3 Å². The highest BCUT2D eigenvalue weighted by Crippen LogP contribution is 2.16. The van der Waals surface area contributed by atoms with Gasteiger partial charge in [0.15, 0.2) is 9.84 Å². The van der Waals surface area contributed by atoms with Gasteiger partial charge in [-0.1, -0.05) is 15.9 Å². The standard InChI is InChI=1S/C11H16BrNO2S/c1-9(13)3-2-8-16(14,15)11-6-4-10(12)5-7-11/h4-7,9H,2-3,8,13H2,1H3. The molecule has 0 aromatic heterocycles. The van der Waals surface area contributed by atoms with Gasteiger partial charge in [0.05, 0.1) is 10.6 Å². The van der Waals surface area contributed by atoms with Gasteiger partial charge in [0.1, 0.15) is 0 Å². The Balaban J connectivity index is 2.67. The van der Waals surface area contributed by atoms with Gasteiger partial charge >= 0.3 is 0 Å². The van der Waals surface area contributed by atoms with Crippen molar-refractivity contribution < 1.29 is 8.42 Å². The molecule has 0 spiro atoms. The minimum atomic E-state index is -3.15. The molecule has 0 saturated heterocycles. The zero-order valence-corrected chi connectivity index (χ0v) is 11.6. The summed E-state index contributed by atoms with van der Waals surface area (Å²) in [5.74, 6) is 0.163. The van der Waals surface area contributed by atoms with Crippen LogP contribution >= 0.6 is 15.9 Å². The number of nitrogens with two attached hydrogens (primary N) is 1. The molecule has 0 fully saturated rings. The van der Waals surface area contributed by atoms with E-state index >= 15 is 0 Å². The SMILES string of the molecule is CC(N)CCCS(=O)(=O)c1ccc(Br)cc1. The van der Waals surface area contributed by atoms with Crippen LogP contribution in [0.25, 0.3) is 0 Å². The van der Waals surface area contributed by atoms with Gasteiger partial charge in [-0.3, -0.25) is 0 Å². The molecule has 1 aromatic rings. The van der Waals surface area contributed by atoms with E-state index in [1.807, 2.05) is 6.92 Å². The summed E-state index contributed by atoms with van der Waals surface area (Å²) >= 11 is 3.27. The summed E-state index contributed by atoms with van der Waals surface area (Å²) < 4.78 is 24.6. The Kier molecular flexibility index (Phi) is 4.95. The highest BCUT2D eigenvalue weighted by molar-refractivity contribution is 9.10. The van der Waals surface area contributed by atoms with Crippen LogP contribution in [0.1, 0.15) is 19.8 Å². The third kappa shape index (κ3) is 4.23. The smallest absolute Gasteiger partial charge is 0.178 e. The van der Waals surface area contributed by atoms with Crippen LogP contribution in [0.4, 0.5) is 0 Å². The molecule has 1 aromatic carbocycles. The lowest BCUT2D eigenvalue weighted by Gasteiger charge is -2.06. The maximum Gasteiger partial charge on any atom is 0.178 e. The van der Waals surface area contributed by atoms with Crippen LogP contribution in [0.15, 0.2) is 33.6 Å². The van der Waals surface area contributed by atoms with E-state index < -0.39 is 9.84 Å². The molecule has 5 heteroatoms. The second-order valence-corrected chi connectivity index (χ2v) is 6.92. The lowest BCUT2D eigenvalue weighted by molar-refractivity contribution is 0.585. The summed E-state index contributed by atoms with van der Waals surface area (Å²) in [6.45, 7) is 1.88. The van der Waals surface area contributed by atoms with Crippen molar-refractivity contribution in [3.05, 3.63) is 28.7 Å². The first kappa shape index (κ1) is 13.7. The molecule has 0 heterocycles. The highest BCUT2D eigenvalue weighted by atomic mass is 79.9. The van der Waals surface area contributed by atoms with Crippen molar-refractivity contribution in [2.75, 3.05) is 5.75 Å². The van der Waals surface area contributed by atoms with Crippen molar-refractivity contribution in [3.63, 3.8) is 0 Å². The fourth-order valence-corrected chi connectivity index (χ4v) is 2.95. The molecular weight excluding hydrogens is 290 g/mol. The molecule has 2 N–H and O–H groups in total. The molecule has 0 aliphatic heterocycles. The number of sulfone groups is 1. The van der Waals surface area contributed by atoms with Gasteiger partial charge in [-0.15, -0.1) is 0 Å². The summed E-state index contributed by atoms with van der Waals surface area (Å²) in [6, 6.07) is 6.76.